The van der Waals surface area contributed by atoms with Gasteiger partial charge >= 0.3 is 0 Å². The SMILES string of the molecule is CC.[U].[V]. The Bertz CT molecular complexity index is 6.00. The topological polar surface area (TPSA) is 0 Å². The Hall–Kier alpha value is 1.64. The Morgan fingerprint density at radius 2 is 1.00 bits per heavy atom. The molecule has 0 bridgehead atoms. The second-order valence-corrected chi connectivity index (χ2v) is 0. The molecule has 0 N–H and O–H groups in total. The van der Waals surface area contributed by atoms with Gasteiger partial charge < -0.3 is 0 Å². The monoisotopic (exact) mass is 319 g/mol. The second-order valence-electron chi connectivity index (χ2n) is 0. The molecule has 0 aromatic carbocycles. The summed E-state index contributed by atoms with van der Waals surface area (Å²) >= 11 is 0. The third kappa shape index (κ3) is 9.44. The first kappa shape index (κ1) is 17.4. The van der Waals surface area contributed by atoms with E-state index in [-0.39, 0.29) is 49.7 Å². The third-order valence-electron chi connectivity index (χ3n) is 0. The Morgan fingerprint density at radius 1 is 1.00 bits per heavy atom. The van der Waals surface area contributed by atoms with E-state index in [0.29, 0.717) is 0 Å². The van der Waals surface area contributed by atoms with Gasteiger partial charge in [-0.1, -0.05) is 13.8 Å². The van der Waals surface area contributed by atoms with E-state index in [1.165, 1.54) is 0 Å². The van der Waals surface area contributed by atoms with Crippen molar-refractivity contribution in [3.05, 3.63) is 0 Å². The van der Waals surface area contributed by atoms with Crippen LogP contribution in [0.3, 0.4) is 0 Å². The molecular weight excluding hydrogens is 313 g/mol. The van der Waals surface area contributed by atoms with Crippen LogP contribution in [0.25, 0.3) is 0 Å². The zero-order chi connectivity index (χ0) is 2.00. The van der Waals surface area contributed by atoms with E-state index in [4.69, 9.17) is 0 Å². The zero-order valence-corrected chi connectivity index (χ0v) is 8.51. The molecule has 0 atom stereocenters. The number of rotatable bonds is 0. The Kier molecular flexibility index (Phi) is 99.8. The van der Waals surface area contributed by atoms with E-state index in [2.05, 4.69) is 0 Å². The van der Waals surface area contributed by atoms with Gasteiger partial charge in [0.05, 0.1) is 0 Å². The number of hydrogen-bond donors (Lipinski definition) is 0. The fraction of sp³-hybridized carbons (Fsp3) is 1.00. The van der Waals surface area contributed by atoms with Crippen molar-refractivity contribution in [1.82, 2.24) is 0 Å². The van der Waals surface area contributed by atoms with E-state index >= 15 is 0 Å². The molecule has 0 amide bonds. The molecule has 2 heteroatoms. The van der Waals surface area contributed by atoms with Crippen LogP contribution < -0.4 is 0 Å². The van der Waals surface area contributed by atoms with Crippen molar-refractivity contribution in [2.24, 2.45) is 0 Å². The minimum Gasteiger partial charge on any atom is -0.0683 e. The standard InChI is InChI=1S/C2H6.U.V/c1-2;;/h1-2H3;;. The quantitative estimate of drug-likeness (QED) is 0.626. The first-order chi connectivity index (χ1) is 1.00. The van der Waals surface area contributed by atoms with Crippen LogP contribution in [-0.2, 0) is 18.6 Å². The van der Waals surface area contributed by atoms with Crippen molar-refractivity contribution in [2.75, 3.05) is 0 Å². The van der Waals surface area contributed by atoms with Crippen LogP contribution in [-0.4, -0.2) is 0 Å². The first-order valence-corrected chi connectivity index (χ1v) is 1.00. The van der Waals surface area contributed by atoms with E-state index in [1.54, 1.807) is 0 Å². The normalized spacial score (nSPS) is 1.50. The van der Waals surface area contributed by atoms with Gasteiger partial charge in [-0.25, -0.2) is 0 Å². The van der Waals surface area contributed by atoms with Crippen molar-refractivity contribution in [3.8, 4) is 0 Å². The average Bonchev–Trinajstić information content (AvgIpc) is 1.00. The van der Waals surface area contributed by atoms with Gasteiger partial charge in [0.2, 0.25) is 0 Å². The van der Waals surface area contributed by atoms with Crippen molar-refractivity contribution < 1.29 is 49.7 Å². The maximum atomic E-state index is 2.00. The molecule has 0 unspecified atom stereocenters. The molecule has 0 aliphatic heterocycles. The van der Waals surface area contributed by atoms with Gasteiger partial charge in [-0.2, -0.15) is 0 Å². The molecule has 0 rings (SSSR count). The summed E-state index contributed by atoms with van der Waals surface area (Å²) < 4.78 is 0. The van der Waals surface area contributed by atoms with E-state index in [1.807, 2.05) is 13.8 Å². The van der Waals surface area contributed by atoms with Crippen LogP contribution in [0.15, 0.2) is 0 Å². The Morgan fingerprint density at radius 3 is 1.00 bits per heavy atom. The molecule has 0 aromatic rings. The summed E-state index contributed by atoms with van der Waals surface area (Å²) in [6.07, 6.45) is 0. The molecule has 0 aliphatic rings. The molecule has 0 nitrogen and oxygen atoms in total. The van der Waals surface area contributed by atoms with Gasteiger partial charge in [0.1, 0.15) is 0 Å². The summed E-state index contributed by atoms with van der Waals surface area (Å²) in [7, 11) is 0. The summed E-state index contributed by atoms with van der Waals surface area (Å²) in [6, 6.07) is 0. The van der Waals surface area contributed by atoms with Crippen LogP contribution in [0.1, 0.15) is 13.8 Å². The molecule has 0 saturated heterocycles. The molecule has 0 fully saturated rings. The van der Waals surface area contributed by atoms with Crippen LogP contribution in [0.5, 0.6) is 0 Å². The van der Waals surface area contributed by atoms with Crippen LogP contribution >= 0.6 is 0 Å². The van der Waals surface area contributed by atoms with Gasteiger partial charge in [-0.15, -0.1) is 0 Å². The molecule has 0 spiro atoms. The first-order valence-electron chi connectivity index (χ1n) is 1.00. The van der Waals surface area contributed by atoms with Gasteiger partial charge in [0, 0.05) is 49.7 Å². The summed E-state index contributed by atoms with van der Waals surface area (Å²) in [6.45, 7) is 4.00. The molecule has 0 heterocycles. The molecular formula is C2H6UV. The molecule has 1 radical (unpaired) electrons. The third-order valence-corrected chi connectivity index (χ3v) is 0. The fourth-order valence-corrected chi connectivity index (χ4v) is 0. The minimum absolute atomic E-state index is 0. The molecule has 0 aromatic heterocycles. The van der Waals surface area contributed by atoms with Crippen molar-refractivity contribution >= 4 is 0 Å². The molecule has 0 aliphatic carbocycles. The smallest absolute Gasteiger partial charge is 0 e. The summed E-state index contributed by atoms with van der Waals surface area (Å²) in [5.74, 6) is 0. The maximum Gasteiger partial charge on any atom is 0 e. The largest absolute Gasteiger partial charge is 0.0683 e. The van der Waals surface area contributed by atoms with Crippen molar-refractivity contribution in [2.45, 2.75) is 13.8 Å². The molecule has 0 saturated carbocycles. The zero-order valence-electron chi connectivity index (χ0n) is 2.95. The fourth-order valence-electron chi connectivity index (χ4n) is 0. The van der Waals surface area contributed by atoms with Gasteiger partial charge in [-0.05, 0) is 0 Å². The molecule has 4 heavy (non-hydrogen) atoms. The van der Waals surface area contributed by atoms with E-state index in [9.17, 15) is 0 Å². The van der Waals surface area contributed by atoms with Crippen molar-refractivity contribution in [1.29, 1.82) is 0 Å². The van der Waals surface area contributed by atoms with Gasteiger partial charge in [0.25, 0.3) is 0 Å². The van der Waals surface area contributed by atoms with Gasteiger partial charge in [-0.3, -0.25) is 0 Å². The maximum absolute atomic E-state index is 2.00. The summed E-state index contributed by atoms with van der Waals surface area (Å²) in [5.41, 5.74) is 0. The van der Waals surface area contributed by atoms with Crippen molar-refractivity contribution in [3.63, 3.8) is 0 Å². The summed E-state index contributed by atoms with van der Waals surface area (Å²) in [4.78, 5) is 0. The van der Waals surface area contributed by atoms with Crippen LogP contribution in [0, 0.1) is 31.1 Å². The van der Waals surface area contributed by atoms with E-state index < -0.39 is 0 Å². The van der Waals surface area contributed by atoms with Gasteiger partial charge in [0.15, 0.2) is 0 Å². The predicted octanol–water partition coefficient (Wildman–Crippen LogP) is 1.02. The second kappa shape index (κ2) is 22.9. The average molecular weight is 319 g/mol. The van der Waals surface area contributed by atoms with E-state index in [0.717, 1.165) is 0 Å². The summed E-state index contributed by atoms with van der Waals surface area (Å²) in [5, 5.41) is 0. The minimum atomic E-state index is 0. The predicted molar refractivity (Wildman–Crippen MR) is 11.3 cm³/mol. The van der Waals surface area contributed by atoms with Crippen LogP contribution in [0.2, 0.25) is 0 Å². The molecule has 23 valence electrons. The van der Waals surface area contributed by atoms with Crippen LogP contribution in [0.4, 0.5) is 0 Å². The Balaban J connectivity index is -0.00000000500. The number of hydrogen-bond acceptors (Lipinski definition) is 0. The Labute approximate surface area is 63.0 Å².